The number of halogens is 1. The Labute approximate surface area is 181 Å². The van der Waals surface area contributed by atoms with Gasteiger partial charge in [-0.25, -0.2) is 9.37 Å². The molecule has 0 fully saturated rings. The molecule has 0 radical (unpaired) electrons. The third-order valence-corrected chi connectivity index (χ3v) is 4.84. The highest BCUT2D eigenvalue weighted by Crippen LogP contribution is 2.29. The standard InChI is InChI=1S/C22H19FN4O5/c1-30-15-7-8-16(17(11-15)31-2)25-18(28)9-10-27-12-24-21-19(22(27)29)20(26-32-21)13-3-5-14(23)6-4-13/h3-8,11-12H,9-10H2,1-2H3,(H,25,28). The molecule has 0 aliphatic rings. The van der Waals surface area contributed by atoms with Gasteiger partial charge in [-0.3, -0.25) is 14.2 Å². The van der Waals surface area contributed by atoms with E-state index < -0.39 is 11.4 Å². The molecule has 1 N–H and O–H groups in total. The van der Waals surface area contributed by atoms with E-state index in [1.165, 1.54) is 49.4 Å². The summed E-state index contributed by atoms with van der Waals surface area (Å²) in [5, 5.41) is 6.82. The summed E-state index contributed by atoms with van der Waals surface area (Å²) in [6.45, 7) is 0.0834. The van der Waals surface area contributed by atoms with Crippen LogP contribution in [-0.4, -0.2) is 34.8 Å². The smallest absolute Gasteiger partial charge is 0.266 e. The number of carbonyl (C=O) groups excluding carboxylic acids is 1. The summed E-state index contributed by atoms with van der Waals surface area (Å²) in [5.41, 5.74) is 0.922. The second-order valence-corrected chi connectivity index (χ2v) is 6.83. The molecule has 4 rings (SSSR count). The summed E-state index contributed by atoms with van der Waals surface area (Å²) in [5.74, 6) is 0.323. The number of fused-ring (bicyclic) bond motifs is 1. The van der Waals surface area contributed by atoms with E-state index in [0.717, 1.165) is 0 Å². The number of rotatable bonds is 7. The van der Waals surface area contributed by atoms with Crippen LogP contribution in [0.5, 0.6) is 11.5 Å². The second kappa shape index (κ2) is 8.88. The molecule has 0 saturated carbocycles. The fourth-order valence-corrected chi connectivity index (χ4v) is 3.18. The van der Waals surface area contributed by atoms with Crippen LogP contribution in [-0.2, 0) is 11.3 Å². The average Bonchev–Trinajstić information content (AvgIpc) is 3.24. The van der Waals surface area contributed by atoms with E-state index in [-0.39, 0.29) is 35.7 Å². The Morgan fingerprint density at radius 3 is 2.66 bits per heavy atom. The largest absolute Gasteiger partial charge is 0.497 e. The van der Waals surface area contributed by atoms with Gasteiger partial charge in [0, 0.05) is 24.6 Å². The van der Waals surface area contributed by atoms with Crippen LogP contribution in [0.25, 0.3) is 22.4 Å². The van der Waals surface area contributed by atoms with Crippen molar-refractivity contribution in [1.29, 1.82) is 0 Å². The van der Waals surface area contributed by atoms with E-state index in [0.29, 0.717) is 22.7 Å². The van der Waals surface area contributed by atoms with Crippen molar-refractivity contribution in [2.24, 2.45) is 0 Å². The van der Waals surface area contributed by atoms with Crippen LogP contribution in [0.1, 0.15) is 6.42 Å². The predicted octanol–water partition coefficient (Wildman–Crippen LogP) is 3.24. The van der Waals surface area contributed by atoms with Crippen LogP contribution in [0.15, 0.2) is 58.1 Å². The molecule has 164 valence electrons. The highest BCUT2D eigenvalue weighted by atomic mass is 19.1. The summed E-state index contributed by atoms with van der Waals surface area (Å²) in [6, 6.07) is 10.6. The number of nitrogens with one attached hydrogen (secondary N) is 1. The molecule has 10 heteroatoms. The van der Waals surface area contributed by atoms with Crippen LogP contribution in [0.3, 0.4) is 0 Å². The lowest BCUT2D eigenvalue weighted by Crippen LogP contribution is -2.23. The first-order chi connectivity index (χ1) is 15.5. The van der Waals surface area contributed by atoms with Gasteiger partial charge in [-0.15, -0.1) is 0 Å². The van der Waals surface area contributed by atoms with E-state index >= 15 is 0 Å². The van der Waals surface area contributed by atoms with E-state index in [1.54, 1.807) is 18.2 Å². The molecule has 0 aliphatic carbocycles. The van der Waals surface area contributed by atoms with Crippen molar-refractivity contribution >= 4 is 22.7 Å². The molecular weight excluding hydrogens is 419 g/mol. The fourth-order valence-electron chi connectivity index (χ4n) is 3.18. The van der Waals surface area contributed by atoms with Gasteiger partial charge in [0.15, 0.2) is 0 Å². The SMILES string of the molecule is COc1ccc(NC(=O)CCn2cnc3onc(-c4ccc(F)cc4)c3c2=O)c(OC)c1. The predicted molar refractivity (Wildman–Crippen MR) is 114 cm³/mol. The molecular formula is C22H19FN4O5. The Balaban J connectivity index is 1.53. The van der Waals surface area contributed by atoms with Crippen LogP contribution in [0.2, 0.25) is 0 Å². The third kappa shape index (κ3) is 4.15. The number of amides is 1. The maximum atomic E-state index is 13.2. The molecule has 9 nitrogen and oxygen atoms in total. The lowest BCUT2D eigenvalue weighted by molar-refractivity contribution is -0.116. The monoisotopic (exact) mass is 438 g/mol. The van der Waals surface area contributed by atoms with Crippen LogP contribution >= 0.6 is 0 Å². The van der Waals surface area contributed by atoms with Crippen LogP contribution in [0, 0.1) is 5.82 Å². The zero-order chi connectivity index (χ0) is 22.7. The first-order valence-corrected chi connectivity index (χ1v) is 9.63. The minimum Gasteiger partial charge on any atom is -0.497 e. The number of methoxy groups -OCH3 is 2. The molecule has 32 heavy (non-hydrogen) atoms. The van der Waals surface area contributed by atoms with Gasteiger partial charge >= 0.3 is 0 Å². The topological polar surface area (TPSA) is 108 Å². The maximum Gasteiger partial charge on any atom is 0.266 e. The van der Waals surface area contributed by atoms with Crippen molar-refractivity contribution in [3.63, 3.8) is 0 Å². The van der Waals surface area contributed by atoms with E-state index in [1.807, 2.05) is 0 Å². The Morgan fingerprint density at radius 2 is 1.94 bits per heavy atom. The molecule has 0 bridgehead atoms. The molecule has 0 spiro atoms. The molecule has 0 aliphatic heterocycles. The van der Waals surface area contributed by atoms with Crippen molar-refractivity contribution in [3.8, 4) is 22.8 Å². The second-order valence-electron chi connectivity index (χ2n) is 6.83. The Morgan fingerprint density at radius 1 is 1.16 bits per heavy atom. The van der Waals surface area contributed by atoms with Gasteiger partial charge in [0.25, 0.3) is 11.3 Å². The van der Waals surface area contributed by atoms with Crippen LogP contribution < -0.4 is 20.3 Å². The molecule has 2 heterocycles. The quantitative estimate of drug-likeness (QED) is 0.472. The van der Waals surface area contributed by atoms with Crippen molar-refractivity contribution in [1.82, 2.24) is 14.7 Å². The van der Waals surface area contributed by atoms with Crippen molar-refractivity contribution in [2.45, 2.75) is 13.0 Å². The number of benzene rings is 2. The normalized spacial score (nSPS) is 10.8. The molecule has 4 aromatic rings. The van der Waals surface area contributed by atoms with Gasteiger partial charge in [0.05, 0.1) is 19.9 Å². The van der Waals surface area contributed by atoms with Gasteiger partial charge in [0.1, 0.15) is 34.7 Å². The van der Waals surface area contributed by atoms with E-state index in [2.05, 4.69) is 15.5 Å². The number of hydrogen-bond donors (Lipinski definition) is 1. The minimum absolute atomic E-state index is 0.0133. The zero-order valence-corrected chi connectivity index (χ0v) is 17.3. The van der Waals surface area contributed by atoms with Crippen molar-refractivity contribution in [3.05, 3.63) is 65.0 Å². The number of anilines is 1. The Bertz CT molecular complexity index is 1330. The maximum absolute atomic E-state index is 13.2. The third-order valence-electron chi connectivity index (χ3n) is 4.84. The van der Waals surface area contributed by atoms with Gasteiger partial charge in [-0.2, -0.15) is 0 Å². The number of nitrogens with zero attached hydrogens (tertiary/aromatic N) is 3. The Kier molecular flexibility index (Phi) is 5.84. The van der Waals surface area contributed by atoms with Gasteiger partial charge in [0.2, 0.25) is 5.91 Å². The van der Waals surface area contributed by atoms with Crippen LogP contribution in [0.4, 0.5) is 10.1 Å². The van der Waals surface area contributed by atoms with Gasteiger partial charge in [-0.1, -0.05) is 5.16 Å². The summed E-state index contributed by atoms with van der Waals surface area (Å²) in [4.78, 5) is 29.5. The number of aromatic nitrogens is 3. The number of hydrogen-bond acceptors (Lipinski definition) is 7. The molecule has 0 unspecified atom stereocenters. The lowest BCUT2D eigenvalue weighted by atomic mass is 10.1. The summed E-state index contributed by atoms with van der Waals surface area (Å²) in [7, 11) is 3.02. The van der Waals surface area contributed by atoms with E-state index in [9.17, 15) is 14.0 Å². The highest BCUT2D eigenvalue weighted by molar-refractivity contribution is 5.92. The number of aryl methyl sites for hydroxylation is 1. The summed E-state index contributed by atoms with van der Waals surface area (Å²) < 4.78 is 30.1. The molecule has 0 saturated heterocycles. The molecule has 0 atom stereocenters. The van der Waals surface area contributed by atoms with E-state index in [4.69, 9.17) is 14.0 Å². The molecule has 2 aromatic carbocycles. The minimum atomic E-state index is -0.412. The summed E-state index contributed by atoms with van der Waals surface area (Å²) in [6.07, 6.45) is 1.31. The highest BCUT2D eigenvalue weighted by Gasteiger charge is 2.17. The number of ether oxygens (including phenoxy) is 2. The Hall–Kier alpha value is -4.21. The first-order valence-electron chi connectivity index (χ1n) is 9.63. The molecule has 2 aromatic heterocycles. The first kappa shape index (κ1) is 21.0. The average molecular weight is 438 g/mol. The van der Waals surface area contributed by atoms with Gasteiger partial charge < -0.3 is 19.3 Å². The fraction of sp³-hybridized carbons (Fsp3) is 0.182. The van der Waals surface area contributed by atoms with Crippen molar-refractivity contribution in [2.75, 3.05) is 19.5 Å². The lowest BCUT2D eigenvalue weighted by Gasteiger charge is -2.12. The molecule has 1 amide bonds. The van der Waals surface area contributed by atoms with Gasteiger partial charge in [-0.05, 0) is 36.4 Å². The summed E-state index contributed by atoms with van der Waals surface area (Å²) >= 11 is 0. The number of carbonyl (C=O) groups is 1. The van der Waals surface area contributed by atoms with Crippen molar-refractivity contribution < 1.29 is 23.2 Å². The zero-order valence-electron chi connectivity index (χ0n) is 17.3.